The smallest absolute Gasteiger partial charge is 0.157 e. The molecule has 1 aliphatic carbocycles. The van der Waals surface area contributed by atoms with Gasteiger partial charge in [0.2, 0.25) is 0 Å². The first-order valence-corrected chi connectivity index (χ1v) is 4.92. The minimum Gasteiger partial charge on any atom is -0.388 e. The van der Waals surface area contributed by atoms with Crippen LogP contribution in [0.2, 0.25) is 0 Å². The summed E-state index contributed by atoms with van der Waals surface area (Å²) in [6.45, 7) is 3.47. The Balaban J connectivity index is 3.02. The predicted octanol–water partition coefficient (Wildman–Crippen LogP) is 2.35. The highest BCUT2D eigenvalue weighted by Crippen LogP contribution is 2.21. The van der Waals surface area contributed by atoms with E-state index in [0.29, 0.717) is 0 Å². The Morgan fingerprint density at radius 3 is 2.57 bits per heavy atom. The van der Waals surface area contributed by atoms with Gasteiger partial charge in [0.15, 0.2) is 5.78 Å². The minimum absolute atomic E-state index is 0.129. The van der Waals surface area contributed by atoms with E-state index in [-0.39, 0.29) is 5.78 Å². The predicted molar refractivity (Wildman–Crippen MR) is 58.9 cm³/mol. The third-order valence-electron chi connectivity index (χ3n) is 2.49. The van der Waals surface area contributed by atoms with Crippen LogP contribution in [0, 0.1) is 0 Å². The molecule has 0 unspecified atom stereocenters. The van der Waals surface area contributed by atoms with E-state index in [1.807, 2.05) is 20.0 Å². The molecule has 0 aromatic heterocycles. The Bertz CT molecular complexity index is 321. The number of allylic oxidation sites excluding steroid dienone is 5. The van der Waals surface area contributed by atoms with Crippen molar-refractivity contribution in [3.63, 3.8) is 0 Å². The Labute approximate surface area is 85.4 Å². The number of carbonyl (C=O) groups excluding carboxylic acids is 1. The second-order valence-electron chi connectivity index (χ2n) is 3.46. The zero-order valence-corrected chi connectivity index (χ0v) is 9.05. The van der Waals surface area contributed by atoms with E-state index in [1.165, 1.54) is 5.57 Å². The highest BCUT2D eigenvalue weighted by atomic mass is 16.1. The summed E-state index contributed by atoms with van der Waals surface area (Å²) in [7, 11) is 1.86. The van der Waals surface area contributed by atoms with E-state index < -0.39 is 0 Å². The van der Waals surface area contributed by atoms with Crippen molar-refractivity contribution in [2.75, 3.05) is 7.05 Å². The maximum atomic E-state index is 11.2. The van der Waals surface area contributed by atoms with Crippen molar-refractivity contribution in [2.45, 2.75) is 26.7 Å². The van der Waals surface area contributed by atoms with Crippen LogP contribution in [0.4, 0.5) is 0 Å². The first kappa shape index (κ1) is 10.8. The van der Waals surface area contributed by atoms with E-state index in [2.05, 4.69) is 17.5 Å². The molecular formula is C12H17NO. The summed E-state index contributed by atoms with van der Waals surface area (Å²) in [6.07, 6.45) is 8.32. The molecule has 0 aromatic carbocycles. The fraction of sp³-hybridized carbons (Fsp3) is 0.417. The van der Waals surface area contributed by atoms with Crippen LogP contribution in [-0.4, -0.2) is 12.8 Å². The van der Waals surface area contributed by atoms with Gasteiger partial charge in [0, 0.05) is 18.3 Å². The highest BCUT2D eigenvalue weighted by Gasteiger charge is 2.10. The van der Waals surface area contributed by atoms with Crippen LogP contribution in [0.15, 0.2) is 35.1 Å². The molecule has 0 aliphatic heterocycles. The Morgan fingerprint density at radius 1 is 1.43 bits per heavy atom. The average molecular weight is 191 g/mol. The molecule has 1 aliphatic rings. The molecule has 1 rings (SSSR count). The van der Waals surface area contributed by atoms with E-state index in [9.17, 15) is 4.79 Å². The topological polar surface area (TPSA) is 29.1 Å². The summed E-state index contributed by atoms with van der Waals surface area (Å²) < 4.78 is 0. The lowest BCUT2D eigenvalue weighted by Gasteiger charge is -2.15. The van der Waals surface area contributed by atoms with E-state index in [0.717, 1.165) is 24.1 Å². The second-order valence-corrected chi connectivity index (χ2v) is 3.46. The van der Waals surface area contributed by atoms with Gasteiger partial charge in [0.25, 0.3) is 0 Å². The van der Waals surface area contributed by atoms with Crippen molar-refractivity contribution in [3.05, 3.63) is 35.1 Å². The summed E-state index contributed by atoms with van der Waals surface area (Å²) >= 11 is 0. The maximum Gasteiger partial charge on any atom is 0.157 e. The van der Waals surface area contributed by atoms with Crippen molar-refractivity contribution in [1.29, 1.82) is 0 Å². The largest absolute Gasteiger partial charge is 0.388 e. The maximum absolute atomic E-state index is 11.2. The molecule has 0 heterocycles. The molecule has 0 fully saturated rings. The Morgan fingerprint density at radius 2 is 2.14 bits per heavy atom. The van der Waals surface area contributed by atoms with Gasteiger partial charge in [-0.3, -0.25) is 4.79 Å². The van der Waals surface area contributed by atoms with Gasteiger partial charge >= 0.3 is 0 Å². The number of hydrogen-bond acceptors (Lipinski definition) is 2. The molecule has 76 valence electrons. The minimum atomic E-state index is 0.129. The lowest BCUT2D eigenvalue weighted by atomic mass is 9.98. The number of hydrogen-bond donors (Lipinski definition) is 1. The van der Waals surface area contributed by atoms with Crippen LogP contribution in [0.3, 0.4) is 0 Å². The van der Waals surface area contributed by atoms with Crippen LogP contribution in [0.5, 0.6) is 0 Å². The molecule has 14 heavy (non-hydrogen) atoms. The van der Waals surface area contributed by atoms with E-state index in [4.69, 9.17) is 0 Å². The van der Waals surface area contributed by atoms with Crippen LogP contribution < -0.4 is 5.32 Å². The molecule has 0 spiro atoms. The molecule has 0 aromatic rings. The summed E-state index contributed by atoms with van der Waals surface area (Å²) in [5.41, 5.74) is 3.03. The third-order valence-corrected chi connectivity index (χ3v) is 2.49. The summed E-state index contributed by atoms with van der Waals surface area (Å²) in [5, 5.41) is 3.11. The fourth-order valence-electron chi connectivity index (χ4n) is 1.58. The molecule has 0 radical (unpaired) electrons. The third kappa shape index (κ3) is 2.34. The van der Waals surface area contributed by atoms with Gasteiger partial charge in [0.1, 0.15) is 0 Å². The monoisotopic (exact) mass is 191 g/mol. The van der Waals surface area contributed by atoms with Crippen molar-refractivity contribution < 1.29 is 4.79 Å². The molecule has 0 bridgehead atoms. The van der Waals surface area contributed by atoms with E-state index >= 15 is 0 Å². The number of carbonyl (C=O) groups is 1. The van der Waals surface area contributed by atoms with Gasteiger partial charge in [-0.2, -0.15) is 0 Å². The molecule has 0 amide bonds. The van der Waals surface area contributed by atoms with Crippen LogP contribution in [0.25, 0.3) is 0 Å². The zero-order valence-electron chi connectivity index (χ0n) is 9.05. The average Bonchev–Trinajstić information content (AvgIpc) is 2.20. The lowest BCUT2D eigenvalue weighted by molar-refractivity contribution is -0.113. The molecule has 2 nitrogen and oxygen atoms in total. The van der Waals surface area contributed by atoms with Crippen LogP contribution in [-0.2, 0) is 4.79 Å². The number of Topliss-reactive ketones (excluding diaryl/α,β-unsaturated/α-hetero) is 1. The van der Waals surface area contributed by atoms with Crippen LogP contribution >= 0.6 is 0 Å². The number of likely N-dealkylation sites (N-methyl/N-ethyl adjacent to an activating group) is 1. The SMILES string of the molecule is CN/C(C1=CC=CCC1)=C(\C)C(C)=O. The first-order valence-electron chi connectivity index (χ1n) is 4.92. The van der Waals surface area contributed by atoms with Gasteiger partial charge < -0.3 is 5.32 Å². The molecule has 0 saturated heterocycles. The molecular weight excluding hydrogens is 174 g/mol. The summed E-state index contributed by atoms with van der Waals surface area (Å²) in [5.74, 6) is 0.129. The van der Waals surface area contributed by atoms with Crippen LogP contribution in [0.1, 0.15) is 26.7 Å². The van der Waals surface area contributed by atoms with Gasteiger partial charge in [-0.15, -0.1) is 0 Å². The van der Waals surface area contributed by atoms with Gasteiger partial charge in [-0.1, -0.05) is 18.2 Å². The van der Waals surface area contributed by atoms with Gasteiger partial charge in [-0.05, 0) is 32.3 Å². The standard InChI is InChI=1S/C12H17NO/c1-9(10(2)14)12(13-3)11-7-5-4-6-8-11/h4-5,7,13H,6,8H2,1-3H3/b12-9+. The highest BCUT2D eigenvalue weighted by molar-refractivity contribution is 5.94. The Hall–Kier alpha value is -1.31. The zero-order chi connectivity index (χ0) is 10.6. The fourth-order valence-corrected chi connectivity index (χ4v) is 1.58. The van der Waals surface area contributed by atoms with Crippen molar-refractivity contribution in [2.24, 2.45) is 0 Å². The normalized spacial score (nSPS) is 17.2. The molecule has 0 saturated carbocycles. The van der Waals surface area contributed by atoms with Crippen molar-refractivity contribution in [1.82, 2.24) is 5.32 Å². The molecule has 1 N–H and O–H groups in total. The Kier molecular flexibility index (Phi) is 3.69. The van der Waals surface area contributed by atoms with Crippen molar-refractivity contribution >= 4 is 5.78 Å². The van der Waals surface area contributed by atoms with Gasteiger partial charge in [0.05, 0.1) is 0 Å². The summed E-state index contributed by atoms with van der Waals surface area (Å²) in [6, 6.07) is 0. The molecule has 0 atom stereocenters. The first-order chi connectivity index (χ1) is 6.66. The summed E-state index contributed by atoms with van der Waals surface area (Å²) in [4.78, 5) is 11.2. The van der Waals surface area contributed by atoms with Crippen molar-refractivity contribution in [3.8, 4) is 0 Å². The lowest BCUT2D eigenvalue weighted by Crippen LogP contribution is -2.14. The molecule has 2 heteroatoms. The second kappa shape index (κ2) is 4.80. The number of rotatable bonds is 3. The van der Waals surface area contributed by atoms with Gasteiger partial charge in [-0.25, -0.2) is 0 Å². The number of ketones is 1. The van der Waals surface area contributed by atoms with E-state index in [1.54, 1.807) is 6.92 Å². The quantitative estimate of drug-likeness (QED) is 0.694. The number of nitrogens with one attached hydrogen (secondary N) is 1.